The lowest BCUT2D eigenvalue weighted by Crippen LogP contribution is -2.20. The number of amides is 1. The summed E-state index contributed by atoms with van der Waals surface area (Å²) in [5.74, 6) is -0.774. The van der Waals surface area contributed by atoms with Gasteiger partial charge in [-0.2, -0.15) is 0 Å². The molecule has 0 aliphatic carbocycles. The average Bonchev–Trinajstić information content (AvgIpc) is 2.76. The number of H-pyrrole nitrogens is 2. The Morgan fingerprint density at radius 1 is 1.43 bits per heavy atom. The first-order valence-electron chi connectivity index (χ1n) is 6.36. The molecule has 1 aromatic carbocycles. The second-order valence-corrected chi connectivity index (χ2v) is 4.77. The minimum atomic E-state index is -0.521. The van der Waals surface area contributed by atoms with Gasteiger partial charge >= 0.3 is 0 Å². The van der Waals surface area contributed by atoms with Crippen LogP contribution < -0.4 is 16.0 Å². The van der Waals surface area contributed by atoms with E-state index in [2.05, 4.69) is 10.2 Å². The van der Waals surface area contributed by atoms with Crippen LogP contribution >= 0.6 is 0 Å². The number of carbonyl (C=O) groups excluding carboxylic acids is 1. The van der Waals surface area contributed by atoms with Crippen LogP contribution in [0.25, 0.3) is 0 Å². The molecular weight excluding hydrogens is 274 g/mol. The minimum absolute atomic E-state index is 0.0150. The van der Waals surface area contributed by atoms with E-state index >= 15 is 0 Å². The topological polar surface area (TPSA) is 121 Å². The first-order chi connectivity index (χ1) is 9.93. The van der Waals surface area contributed by atoms with Gasteiger partial charge in [0.2, 0.25) is 5.91 Å². The zero-order valence-corrected chi connectivity index (χ0v) is 11.8. The summed E-state index contributed by atoms with van der Waals surface area (Å²) in [6.45, 7) is 1.73. The maximum Gasteiger partial charge on any atom is 0.267 e. The molecule has 1 amide bonds. The molecule has 2 rings (SSSR count). The molecule has 112 valence electrons. The molecule has 0 spiro atoms. The molecule has 0 aliphatic rings. The number of aromatic hydroxyl groups is 1. The predicted octanol–water partition coefficient (Wildman–Crippen LogP) is 0.733. The molecule has 0 fully saturated rings. The van der Waals surface area contributed by atoms with Gasteiger partial charge in [-0.25, -0.2) is 0 Å². The zero-order chi connectivity index (χ0) is 15.6. The van der Waals surface area contributed by atoms with Crippen LogP contribution in [-0.2, 0) is 4.79 Å². The van der Waals surface area contributed by atoms with Gasteiger partial charge < -0.3 is 20.7 Å². The molecule has 0 saturated heterocycles. The maximum atomic E-state index is 11.9. The second kappa shape index (κ2) is 5.74. The van der Waals surface area contributed by atoms with Crippen molar-refractivity contribution in [1.29, 1.82) is 0 Å². The molecule has 0 radical (unpaired) electrons. The number of aryl methyl sites for hydroxylation is 1. The number of phenols is 1. The third-order valence-electron chi connectivity index (χ3n) is 3.37. The summed E-state index contributed by atoms with van der Waals surface area (Å²) < 4.78 is 5.06. The molecule has 1 atom stereocenters. The Labute approximate surface area is 120 Å². The third-order valence-corrected chi connectivity index (χ3v) is 3.37. The van der Waals surface area contributed by atoms with Crippen molar-refractivity contribution in [3.05, 3.63) is 45.4 Å². The summed E-state index contributed by atoms with van der Waals surface area (Å²) in [6.07, 6.45) is -0.0182. The number of nitrogens with two attached hydrogens (primary N) is 1. The largest absolute Gasteiger partial charge is 0.504 e. The van der Waals surface area contributed by atoms with Crippen LogP contribution in [0.4, 0.5) is 0 Å². The van der Waals surface area contributed by atoms with E-state index < -0.39 is 11.8 Å². The Hall–Kier alpha value is -2.70. The van der Waals surface area contributed by atoms with Gasteiger partial charge in [0.05, 0.1) is 7.11 Å². The van der Waals surface area contributed by atoms with Gasteiger partial charge in [-0.15, -0.1) is 0 Å². The first kappa shape index (κ1) is 14.7. The van der Waals surface area contributed by atoms with Gasteiger partial charge in [0, 0.05) is 23.6 Å². The smallest absolute Gasteiger partial charge is 0.267 e. The Morgan fingerprint density at radius 3 is 2.67 bits per heavy atom. The normalized spacial score (nSPS) is 12.1. The minimum Gasteiger partial charge on any atom is -0.504 e. The average molecular weight is 291 g/mol. The van der Waals surface area contributed by atoms with E-state index in [1.165, 1.54) is 13.2 Å². The van der Waals surface area contributed by atoms with Crippen molar-refractivity contribution in [1.82, 2.24) is 10.2 Å². The Morgan fingerprint density at radius 2 is 2.14 bits per heavy atom. The highest BCUT2D eigenvalue weighted by atomic mass is 16.5. The van der Waals surface area contributed by atoms with Crippen LogP contribution in [0.3, 0.4) is 0 Å². The number of phenolic OH excluding ortho intramolecular Hbond substituents is 1. The zero-order valence-electron chi connectivity index (χ0n) is 11.8. The highest BCUT2D eigenvalue weighted by Crippen LogP contribution is 2.33. The second-order valence-electron chi connectivity index (χ2n) is 4.77. The number of nitrogens with one attached hydrogen (secondary N) is 2. The van der Waals surface area contributed by atoms with Crippen molar-refractivity contribution in [2.45, 2.75) is 19.3 Å². The van der Waals surface area contributed by atoms with Crippen LogP contribution in [0.2, 0.25) is 0 Å². The van der Waals surface area contributed by atoms with Crippen LogP contribution in [0, 0.1) is 6.92 Å². The molecule has 7 nitrogen and oxygen atoms in total. The number of aromatic nitrogens is 2. The number of hydrogen-bond donors (Lipinski definition) is 4. The van der Waals surface area contributed by atoms with Crippen LogP contribution in [-0.4, -0.2) is 28.3 Å². The van der Waals surface area contributed by atoms with E-state index in [4.69, 9.17) is 10.5 Å². The van der Waals surface area contributed by atoms with Crippen molar-refractivity contribution in [2.24, 2.45) is 5.73 Å². The number of hydrogen-bond acceptors (Lipinski definition) is 4. The quantitative estimate of drug-likeness (QED) is 0.649. The highest BCUT2D eigenvalue weighted by Gasteiger charge is 2.24. The van der Waals surface area contributed by atoms with Crippen molar-refractivity contribution in [3.63, 3.8) is 0 Å². The monoisotopic (exact) mass is 291 g/mol. The summed E-state index contributed by atoms with van der Waals surface area (Å²) >= 11 is 0. The van der Waals surface area contributed by atoms with Crippen molar-refractivity contribution < 1.29 is 14.6 Å². The Kier molecular flexibility index (Phi) is 4.02. The fourth-order valence-corrected chi connectivity index (χ4v) is 2.37. The number of methoxy groups -OCH3 is 1. The molecule has 21 heavy (non-hydrogen) atoms. The van der Waals surface area contributed by atoms with Gasteiger partial charge in [0.1, 0.15) is 0 Å². The lowest BCUT2D eigenvalue weighted by atomic mass is 9.88. The summed E-state index contributed by atoms with van der Waals surface area (Å²) in [6, 6.07) is 4.69. The molecule has 0 bridgehead atoms. The fourth-order valence-electron chi connectivity index (χ4n) is 2.37. The summed E-state index contributed by atoms with van der Waals surface area (Å²) in [5.41, 5.74) is 6.74. The molecule has 5 N–H and O–H groups in total. The lowest BCUT2D eigenvalue weighted by Gasteiger charge is -2.16. The van der Waals surface area contributed by atoms with E-state index in [0.717, 1.165) is 0 Å². The Bertz CT molecular complexity index is 717. The highest BCUT2D eigenvalue weighted by molar-refractivity contribution is 5.75. The van der Waals surface area contributed by atoms with Gasteiger partial charge in [0.25, 0.3) is 5.56 Å². The predicted molar refractivity (Wildman–Crippen MR) is 76.5 cm³/mol. The third kappa shape index (κ3) is 2.91. The van der Waals surface area contributed by atoms with Crippen molar-refractivity contribution in [2.75, 3.05) is 7.11 Å². The van der Waals surface area contributed by atoms with Crippen LogP contribution in [0.1, 0.15) is 29.2 Å². The molecular formula is C14H17N3O4. The van der Waals surface area contributed by atoms with Gasteiger partial charge in [-0.05, 0) is 24.6 Å². The van der Waals surface area contributed by atoms with E-state index in [1.807, 2.05) is 0 Å². The lowest BCUT2D eigenvalue weighted by molar-refractivity contribution is -0.118. The SMILES string of the molecule is COc1cc(C(CC(N)=O)c2c(C)[nH][nH]c2=O)ccc1O. The number of aromatic amines is 2. The molecule has 7 heteroatoms. The number of primary amides is 1. The molecule has 1 heterocycles. The maximum absolute atomic E-state index is 11.9. The molecule has 1 unspecified atom stereocenters. The number of rotatable bonds is 5. The van der Waals surface area contributed by atoms with Gasteiger partial charge in [-0.1, -0.05) is 6.07 Å². The Balaban J connectivity index is 2.56. The van der Waals surface area contributed by atoms with Crippen molar-refractivity contribution in [3.8, 4) is 11.5 Å². The van der Waals surface area contributed by atoms with Gasteiger partial charge in [-0.3, -0.25) is 14.7 Å². The molecule has 1 aromatic heterocycles. The molecule has 2 aromatic rings. The van der Waals surface area contributed by atoms with Crippen LogP contribution in [0.15, 0.2) is 23.0 Å². The number of carbonyl (C=O) groups is 1. The standard InChI is InChI=1S/C14H17N3O4/c1-7-13(14(20)17-16-7)9(6-12(15)19)8-3-4-10(18)11(5-8)21-2/h3-5,9,18H,6H2,1-2H3,(H2,15,19)(H2,16,17,20). The van der Waals surface area contributed by atoms with Gasteiger partial charge in [0.15, 0.2) is 11.5 Å². The summed E-state index contributed by atoms with van der Waals surface area (Å²) in [7, 11) is 1.43. The number of benzene rings is 1. The fraction of sp³-hybridized carbons (Fsp3) is 0.286. The summed E-state index contributed by atoms with van der Waals surface area (Å²) in [4.78, 5) is 23.3. The van der Waals surface area contributed by atoms with Crippen molar-refractivity contribution >= 4 is 5.91 Å². The van der Waals surface area contributed by atoms with E-state index in [1.54, 1.807) is 19.1 Å². The molecule has 0 aliphatic heterocycles. The van der Waals surface area contributed by atoms with E-state index in [0.29, 0.717) is 16.8 Å². The van der Waals surface area contributed by atoms with Crippen LogP contribution in [0.5, 0.6) is 11.5 Å². The van der Waals surface area contributed by atoms with E-state index in [-0.39, 0.29) is 23.5 Å². The number of ether oxygens (including phenoxy) is 1. The summed E-state index contributed by atoms with van der Waals surface area (Å²) in [5, 5.41) is 14.9. The first-order valence-corrected chi connectivity index (χ1v) is 6.36. The molecule has 0 saturated carbocycles. The van der Waals surface area contributed by atoms with E-state index in [9.17, 15) is 14.7 Å².